The lowest BCUT2D eigenvalue weighted by Crippen LogP contribution is -2.31. The average Bonchev–Trinajstić information content (AvgIpc) is 3.19. The molecule has 0 radical (unpaired) electrons. The van der Waals surface area contributed by atoms with Crippen LogP contribution in [0.1, 0.15) is 44.3 Å². The predicted octanol–water partition coefficient (Wildman–Crippen LogP) is 4.56. The number of nitrogens with one attached hydrogen (secondary N) is 1. The second kappa shape index (κ2) is 10.0. The maximum atomic E-state index is 12.5. The summed E-state index contributed by atoms with van der Waals surface area (Å²) in [5, 5.41) is 9.86. The molecule has 0 atom stereocenters. The lowest BCUT2D eigenvalue weighted by Gasteiger charge is -2.24. The molecule has 0 aliphatic carbocycles. The van der Waals surface area contributed by atoms with Gasteiger partial charge in [-0.05, 0) is 49.7 Å². The summed E-state index contributed by atoms with van der Waals surface area (Å²) >= 11 is 1.37. The van der Waals surface area contributed by atoms with Crippen molar-refractivity contribution in [2.24, 2.45) is 5.10 Å². The molecule has 2 heterocycles. The Kier molecular flexibility index (Phi) is 6.93. The van der Waals surface area contributed by atoms with E-state index in [0.29, 0.717) is 41.4 Å². The van der Waals surface area contributed by atoms with Gasteiger partial charge in [0.1, 0.15) is 4.88 Å². The van der Waals surface area contributed by atoms with Crippen LogP contribution < -0.4 is 14.8 Å². The van der Waals surface area contributed by atoms with E-state index in [9.17, 15) is 9.59 Å². The number of carbonyl (C=O) groups is 2. The van der Waals surface area contributed by atoms with Crippen LogP contribution in [0, 0.1) is 13.8 Å². The van der Waals surface area contributed by atoms with E-state index in [1.54, 1.807) is 14.2 Å². The third-order valence-corrected chi connectivity index (χ3v) is 6.55. The molecule has 2 amide bonds. The Hall–Kier alpha value is -3.72. The average molecular weight is 479 g/mol. The predicted molar refractivity (Wildman–Crippen MR) is 132 cm³/mol. The largest absolute Gasteiger partial charge is 0.493 e. The van der Waals surface area contributed by atoms with Crippen LogP contribution in [0.3, 0.4) is 0 Å². The zero-order chi connectivity index (χ0) is 24.2. The maximum absolute atomic E-state index is 12.5. The van der Waals surface area contributed by atoms with Crippen molar-refractivity contribution in [2.75, 3.05) is 19.5 Å². The Morgan fingerprint density at radius 3 is 2.44 bits per heavy atom. The lowest BCUT2D eigenvalue weighted by atomic mass is 10.0. The molecule has 1 aliphatic heterocycles. The third-order valence-electron chi connectivity index (χ3n) is 5.48. The fourth-order valence-corrected chi connectivity index (χ4v) is 4.56. The number of aryl methyl sites for hydroxylation is 2. The quantitative estimate of drug-likeness (QED) is 0.538. The first-order valence-corrected chi connectivity index (χ1v) is 11.6. The summed E-state index contributed by atoms with van der Waals surface area (Å²) in [5.74, 6) is 1.06. The van der Waals surface area contributed by atoms with E-state index in [-0.39, 0.29) is 11.8 Å². The highest BCUT2D eigenvalue weighted by atomic mass is 32.1. The first-order chi connectivity index (χ1) is 16.4. The van der Waals surface area contributed by atoms with Gasteiger partial charge in [0.05, 0.1) is 37.2 Å². The molecule has 0 bridgehead atoms. The number of ether oxygens (including phenoxy) is 2. The molecule has 1 aromatic heterocycles. The van der Waals surface area contributed by atoms with Gasteiger partial charge >= 0.3 is 0 Å². The van der Waals surface area contributed by atoms with E-state index in [0.717, 1.165) is 27.5 Å². The van der Waals surface area contributed by atoms with Gasteiger partial charge in [0.25, 0.3) is 5.91 Å². The summed E-state index contributed by atoms with van der Waals surface area (Å²) < 4.78 is 10.7. The molecule has 0 saturated heterocycles. The van der Waals surface area contributed by atoms with E-state index in [1.165, 1.54) is 16.3 Å². The Bertz CT molecular complexity index is 1250. The number of anilines is 1. The molecule has 8 nitrogen and oxygen atoms in total. The molecular formula is C25H26N4O4S. The van der Waals surface area contributed by atoms with Gasteiger partial charge in [-0.15, -0.1) is 11.3 Å². The Morgan fingerprint density at radius 1 is 1.06 bits per heavy atom. The van der Waals surface area contributed by atoms with Crippen LogP contribution in [0.2, 0.25) is 0 Å². The van der Waals surface area contributed by atoms with E-state index in [2.05, 4.69) is 15.4 Å². The van der Waals surface area contributed by atoms with E-state index in [4.69, 9.17) is 9.47 Å². The summed E-state index contributed by atoms with van der Waals surface area (Å²) in [4.78, 5) is 29.9. The minimum atomic E-state index is -0.175. The van der Waals surface area contributed by atoms with Gasteiger partial charge in [-0.3, -0.25) is 9.59 Å². The highest BCUT2D eigenvalue weighted by Gasteiger charge is 2.22. The van der Waals surface area contributed by atoms with E-state index < -0.39 is 0 Å². The van der Waals surface area contributed by atoms with Crippen molar-refractivity contribution in [1.29, 1.82) is 0 Å². The van der Waals surface area contributed by atoms with Gasteiger partial charge in [-0.25, -0.2) is 9.99 Å². The number of aromatic nitrogens is 1. The van der Waals surface area contributed by atoms with Gasteiger partial charge in [0.15, 0.2) is 11.5 Å². The van der Waals surface area contributed by atoms with Crippen LogP contribution >= 0.6 is 11.3 Å². The molecule has 0 fully saturated rings. The molecule has 9 heteroatoms. The maximum Gasteiger partial charge on any atom is 0.267 e. The fourth-order valence-electron chi connectivity index (χ4n) is 3.74. The highest BCUT2D eigenvalue weighted by Crippen LogP contribution is 2.29. The molecule has 1 N–H and O–H groups in total. The summed E-state index contributed by atoms with van der Waals surface area (Å²) in [5.41, 5.74) is 4.03. The van der Waals surface area contributed by atoms with Gasteiger partial charge in [-0.2, -0.15) is 5.10 Å². The van der Waals surface area contributed by atoms with Crippen molar-refractivity contribution in [2.45, 2.75) is 33.2 Å². The summed E-state index contributed by atoms with van der Waals surface area (Å²) in [6.45, 7) is 4.05. The third kappa shape index (κ3) is 5.09. The Labute approximate surface area is 202 Å². The van der Waals surface area contributed by atoms with Gasteiger partial charge in [0, 0.05) is 24.1 Å². The van der Waals surface area contributed by atoms with Crippen molar-refractivity contribution < 1.29 is 19.1 Å². The second-order valence-electron chi connectivity index (χ2n) is 7.87. The number of hydrazone groups is 1. The molecule has 0 saturated carbocycles. The Morgan fingerprint density at radius 2 is 1.79 bits per heavy atom. The van der Waals surface area contributed by atoms with E-state index in [1.807, 2.05) is 56.3 Å². The summed E-state index contributed by atoms with van der Waals surface area (Å²) in [6.07, 6.45) is 0.946. The SMILES string of the molecule is COc1ccc(C2=NN(Cc3ccc(NC(=O)c4sc(C)nc4C)cc3)C(=O)CC2)cc1OC. The van der Waals surface area contributed by atoms with Gasteiger partial charge in [0.2, 0.25) is 5.91 Å². The van der Waals surface area contributed by atoms with Crippen molar-refractivity contribution >= 4 is 34.6 Å². The molecule has 34 heavy (non-hydrogen) atoms. The molecule has 176 valence electrons. The standard InChI is InChI=1S/C25H26N4O4S/c1-15-24(34-16(2)26-15)25(31)27-19-8-5-17(6-9-19)14-29-23(30)12-10-20(28-29)18-7-11-21(32-3)22(13-18)33-4/h5-9,11,13H,10,12,14H2,1-4H3,(H,27,31). The summed E-state index contributed by atoms with van der Waals surface area (Å²) in [6, 6.07) is 13.0. The van der Waals surface area contributed by atoms with Gasteiger partial charge < -0.3 is 14.8 Å². The van der Waals surface area contributed by atoms with Crippen LogP contribution in [0.5, 0.6) is 11.5 Å². The smallest absolute Gasteiger partial charge is 0.267 e. The first-order valence-electron chi connectivity index (χ1n) is 10.8. The fraction of sp³-hybridized carbons (Fsp3) is 0.280. The number of nitrogens with zero attached hydrogens (tertiary/aromatic N) is 3. The number of rotatable bonds is 7. The zero-order valence-corrected chi connectivity index (χ0v) is 20.4. The van der Waals surface area contributed by atoms with Crippen LogP contribution in [0.15, 0.2) is 47.6 Å². The van der Waals surface area contributed by atoms with Crippen LogP contribution in [0.25, 0.3) is 0 Å². The molecule has 0 unspecified atom stereocenters. The zero-order valence-electron chi connectivity index (χ0n) is 19.5. The lowest BCUT2D eigenvalue weighted by molar-refractivity contribution is -0.132. The van der Waals surface area contributed by atoms with Crippen molar-refractivity contribution in [3.63, 3.8) is 0 Å². The minimum absolute atomic E-state index is 0.0300. The van der Waals surface area contributed by atoms with Crippen molar-refractivity contribution in [3.05, 3.63) is 69.2 Å². The Balaban J connectivity index is 1.46. The van der Waals surface area contributed by atoms with Crippen molar-refractivity contribution in [3.8, 4) is 11.5 Å². The minimum Gasteiger partial charge on any atom is -0.493 e. The topological polar surface area (TPSA) is 93.1 Å². The number of methoxy groups -OCH3 is 2. The molecule has 2 aromatic carbocycles. The molecule has 1 aliphatic rings. The monoisotopic (exact) mass is 478 g/mol. The van der Waals surface area contributed by atoms with E-state index >= 15 is 0 Å². The molecular weight excluding hydrogens is 452 g/mol. The highest BCUT2D eigenvalue weighted by molar-refractivity contribution is 7.13. The van der Waals surface area contributed by atoms with Crippen molar-refractivity contribution in [1.82, 2.24) is 9.99 Å². The number of hydrogen-bond donors (Lipinski definition) is 1. The normalized spacial score (nSPS) is 13.5. The number of thiazole rings is 1. The van der Waals surface area contributed by atoms with Crippen LogP contribution in [0.4, 0.5) is 5.69 Å². The molecule has 3 aromatic rings. The number of hydrogen-bond acceptors (Lipinski definition) is 7. The number of benzene rings is 2. The summed E-state index contributed by atoms with van der Waals surface area (Å²) in [7, 11) is 3.18. The number of carbonyl (C=O) groups excluding carboxylic acids is 2. The first kappa shape index (κ1) is 23.4. The van der Waals surface area contributed by atoms with Gasteiger partial charge in [-0.1, -0.05) is 12.1 Å². The van der Waals surface area contributed by atoms with Crippen LogP contribution in [-0.4, -0.2) is 41.7 Å². The second-order valence-corrected chi connectivity index (χ2v) is 9.07. The molecule has 0 spiro atoms. The van der Waals surface area contributed by atoms with Crippen LogP contribution in [-0.2, 0) is 11.3 Å². The molecule has 4 rings (SSSR count). The number of amides is 2.